The fraction of sp³-hybridized carbons (Fsp3) is 0.692. The molecule has 0 heterocycles. The molecule has 0 aromatic rings. The molecule has 18 heavy (non-hydrogen) atoms. The molecule has 1 atom stereocenters. The molecular formula is C13H21FO3Si. The van der Waals surface area contributed by atoms with Crippen LogP contribution in [0.3, 0.4) is 0 Å². The van der Waals surface area contributed by atoms with Gasteiger partial charge in [0.2, 0.25) is 0 Å². The smallest absolute Gasteiger partial charge is 0.351 e. The molecule has 0 aliphatic carbocycles. The Hall–Kier alpha value is -1.15. The molecule has 0 rings (SSSR count). The van der Waals surface area contributed by atoms with Gasteiger partial charge < -0.3 is 4.74 Å². The Labute approximate surface area is 109 Å². The molecule has 0 saturated carbocycles. The monoisotopic (exact) mass is 272 g/mol. The number of alkyl halides is 1. The van der Waals surface area contributed by atoms with Gasteiger partial charge in [0.15, 0.2) is 5.78 Å². The van der Waals surface area contributed by atoms with E-state index in [0.717, 1.165) is 6.92 Å². The van der Waals surface area contributed by atoms with Crippen molar-refractivity contribution in [2.75, 3.05) is 6.61 Å². The molecule has 0 N–H and O–H groups in total. The Balaban J connectivity index is 4.69. The van der Waals surface area contributed by atoms with Crippen molar-refractivity contribution in [3.8, 4) is 11.5 Å². The molecule has 102 valence electrons. The number of rotatable bonds is 5. The molecule has 1 unspecified atom stereocenters. The van der Waals surface area contributed by atoms with Gasteiger partial charge in [0, 0.05) is 12.8 Å². The third kappa shape index (κ3) is 5.45. The molecular weight excluding hydrogens is 251 g/mol. The number of carbonyl (C=O) groups is 2. The summed E-state index contributed by atoms with van der Waals surface area (Å²) in [7, 11) is -1.51. The van der Waals surface area contributed by atoms with Crippen LogP contribution in [-0.4, -0.2) is 32.1 Å². The molecule has 0 bridgehead atoms. The van der Waals surface area contributed by atoms with Crippen LogP contribution in [0.2, 0.25) is 19.6 Å². The van der Waals surface area contributed by atoms with Crippen molar-refractivity contribution >= 4 is 19.8 Å². The van der Waals surface area contributed by atoms with Crippen LogP contribution in [0, 0.1) is 11.5 Å². The zero-order valence-corrected chi connectivity index (χ0v) is 12.7. The second kappa shape index (κ2) is 6.69. The lowest BCUT2D eigenvalue weighted by Crippen LogP contribution is -2.42. The second-order valence-electron chi connectivity index (χ2n) is 5.13. The number of ketones is 1. The minimum atomic E-state index is -2.55. The lowest BCUT2D eigenvalue weighted by molar-refractivity contribution is -0.162. The van der Waals surface area contributed by atoms with Gasteiger partial charge in [-0.25, -0.2) is 9.18 Å². The number of Topliss-reactive ketones (excluding diaryl/α,β-unsaturated/α-hetero) is 1. The molecule has 0 aromatic carbocycles. The van der Waals surface area contributed by atoms with Gasteiger partial charge in [0.25, 0.3) is 5.67 Å². The topological polar surface area (TPSA) is 43.4 Å². The highest BCUT2D eigenvalue weighted by Gasteiger charge is 2.44. The molecule has 0 aliphatic rings. The first-order valence-corrected chi connectivity index (χ1v) is 9.50. The Bertz CT molecular complexity index is 376. The molecule has 0 fully saturated rings. The van der Waals surface area contributed by atoms with Crippen LogP contribution in [0.15, 0.2) is 0 Å². The Morgan fingerprint density at radius 1 is 1.33 bits per heavy atom. The minimum absolute atomic E-state index is 0.0539. The van der Waals surface area contributed by atoms with E-state index in [0.29, 0.717) is 0 Å². The Morgan fingerprint density at radius 2 is 1.89 bits per heavy atom. The van der Waals surface area contributed by atoms with Crippen LogP contribution < -0.4 is 0 Å². The largest absolute Gasteiger partial charge is 0.463 e. The number of carbonyl (C=O) groups excluding carboxylic acids is 2. The number of hydrogen-bond donors (Lipinski definition) is 0. The van der Waals surface area contributed by atoms with Crippen molar-refractivity contribution in [3.05, 3.63) is 0 Å². The average Bonchev–Trinajstić information content (AvgIpc) is 2.22. The summed E-state index contributed by atoms with van der Waals surface area (Å²) < 4.78 is 18.8. The van der Waals surface area contributed by atoms with E-state index in [9.17, 15) is 14.0 Å². The molecule has 0 saturated heterocycles. The standard InChI is InChI=1S/C13H21FO3Si/c1-6-17-12(16)13(14,11(2)15)9-7-8-10-18(3,4)5/h6-7,9H2,1-5H3. The molecule has 0 aromatic heterocycles. The van der Waals surface area contributed by atoms with Crippen molar-refractivity contribution in [3.63, 3.8) is 0 Å². The van der Waals surface area contributed by atoms with E-state index in [4.69, 9.17) is 0 Å². The highest BCUT2D eigenvalue weighted by atomic mass is 28.3. The Morgan fingerprint density at radius 3 is 2.28 bits per heavy atom. The van der Waals surface area contributed by atoms with E-state index in [2.05, 4.69) is 35.8 Å². The van der Waals surface area contributed by atoms with Crippen LogP contribution >= 0.6 is 0 Å². The number of hydrogen-bond acceptors (Lipinski definition) is 3. The van der Waals surface area contributed by atoms with E-state index in [1.807, 2.05) is 0 Å². The number of ether oxygens (including phenoxy) is 1. The van der Waals surface area contributed by atoms with Gasteiger partial charge in [-0.2, -0.15) is 0 Å². The normalized spacial score (nSPS) is 14.1. The van der Waals surface area contributed by atoms with Crippen LogP contribution in [0.1, 0.15) is 26.7 Å². The Kier molecular flexibility index (Phi) is 6.26. The first-order valence-electron chi connectivity index (χ1n) is 6.00. The highest BCUT2D eigenvalue weighted by Crippen LogP contribution is 2.21. The van der Waals surface area contributed by atoms with Crippen LogP contribution in [0.25, 0.3) is 0 Å². The maximum atomic E-state index is 14.2. The van der Waals surface area contributed by atoms with E-state index in [-0.39, 0.29) is 19.4 Å². The first kappa shape index (κ1) is 16.8. The molecule has 0 radical (unpaired) electrons. The summed E-state index contributed by atoms with van der Waals surface area (Å²) in [4.78, 5) is 22.7. The maximum absolute atomic E-state index is 14.2. The lowest BCUT2D eigenvalue weighted by Gasteiger charge is -2.19. The van der Waals surface area contributed by atoms with Crippen molar-refractivity contribution in [2.45, 2.75) is 52.0 Å². The quantitative estimate of drug-likeness (QED) is 0.334. The summed E-state index contributed by atoms with van der Waals surface area (Å²) in [6, 6.07) is 0. The fourth-order valence-corrected chi connectivity index (χ4v) is 1.89. The summed E-state index contributed by atoms with van der Waals surface area (Å²) in [6.07, 6.45) is -0.0577. The minimum Gasteiger partial charge on any atom is -0.463 e. The van der Waals surface area contributed by atoms with Gasteiger partial charge >= 0.3 is 5.97 Å². The van der Waals surface area contributed by atoms with Gasteiger partial charge in [-0.05, 0) is 13.8 Å². The van der Waals surface area contributed by atoms with E-state index >= 15 is 0 Å². The van der Waals surface area contributed by atoms with Crippen molar-refractivity contribution in [1.82, 2.24) is 0 Å². The fourth-order valence-electron chi connectivity index (χ4n) is 1.23. The van der Waals surface area contributed by atoms with Crippen molar-refractivity contribution < 1.29 is 18.7 Å². The molecule has 3 nitrogen and oxygen atoms in total. The molecule has 0 amide bonds. The number of halogens is 1. The summed E-state index contributed by atoms with van der Waals surface area (Å²) in [6.45, 7) is 8.89. The van der Waals surface area contributed by atoms with Gasteiger partial charge in [-0.3, -0.25) is 4.79 Å². The van der Waals surface area contributed by atoms with Crippen LogP contribution in [0.4, 0.5) is 4.39 Å². The van der Waals surface area contributed by atoms with Gasteiger partial charge in [0.05, 0.1) is 6.61 Å². The summed E-state index contributed by atoms with van der Waals surface area (Å²) in [5.41, 5.74) is 0.512. The highest BCUT2D eigenvalue weighted by molar-refractivity contribution is 6.83. The summed E-state index contributed by atoms with van der Waals surface area (Å²) in [5.74, 6) is 0.917. The number of esters is 1. The van der Waals surface area contributed by atoms with Crippen LogP contribution in [0.5, 0.6) is 0 Å². The van der Waals surface area contributed by atoms with E-state index in [1.165, 1.54) is 0 Å². The zero-order chi connectivity index (χ0) is 14.4. The summed E-state index contributed by atoms with van der Waals surface area (Å²) in [5, 5.41) is 0. The van der Waals surface area contributed by atoms with Crippen molar-refractivity contribution in [2.24, 2.45) is 0 Å². The first-order chi connectivity index (χ1) is 8.13. The predicted octanol–water partition coefficient (Wildman–Crippen LogP) is 2.51. The lowest BCUT2D eigenvalue weighted by atomic mass is 9.96. The molecule has 0 spiro atoms. The van der Waals surface area contributed by atoms with Gasteiger partial charge in [-0.15, -0.1) is 11.5 Å². The van der Waals surface area contributed by atoms with E-state index in [1.54, 1.807) is 6.92 Å². The summed E-state index contributed by atoms with van der Waals surface area (Å²) >= 11 is 0. The average molecular weight is 272 g/mol. The molecule has 5 heteroatoms. The maximum Gasteiger partial charge on any atom is 0.351 e. The second-order valence-corrected chi connectivity index (χ2v) is 9.88. The van der Waals surface area contributed by atoms with Gasteiger partial charge in [-0.1, -0.05) is 19.6 Å². The molecule has 0 aliphatic heterocycles. The third-order valence-electron chi connectivity index (χ3n) is 2.21. The van der Waals surface area contributed by atoms with Crippen LogP contribution in [-0.2, 0) is 14.3 Å². The third-order valence-corrected chi connectivity index (χ3v) is 3.14. The van der Waals surface area contributed by atoms with Crippen molar-refractivity contribution in [1.29, 1.82) is 0 Å². The zero-order valence-electron chi connectivity index (χ0n) is 11.7. The van der Waals surface area contributed by atoms with Gasteiger partial charge in [0.1, 0.15) is 8.07 Å². The predicted molar refractivity (Wildman–Crippen MR) is 71.5 cm³/mol. The SMILES string of the molecule is CCOC(=O)C(F)(CCC#C[Si](C)(C)C)C(C)=O. The van der Waals surface area contributed by atoms with E-state index < -0.39 is 25.5 Å².